The van der Waals surface area contributed by atoms with E-state index < -0.39 is 0 Å². The van der Waals surface area contributed by atoms with E-state index in [0.717, 1.165) is 16.9 Å². The Kier molecular flexibility index (Phi) is 2.46. The Morgan fingerprint density at radius 1 is 1.47 bits per heavy atom. The van der Waals surface area contributed by atoms with Crippen LogP contribution in [-0.4, -0.2) is 19.7 Å². The van der Waals surface area contributed by atoms with Gasteiger partial charge in [0.15, 0.2) is 0 Å². The van der Waals surface area contributed by atoms with Gasteiger partial charge in [-0.05, 0) is 36.8 Å². The van der Waals surface area contributed by atoms with Crippen molar-refractivity contribution in [2.75, 3.05) is 13.7 Å². The van der Waals surface area contributed by atoms with Crippen LogP contribution in [0.1, 0.15) is 22.8 Å². The molecule has 0 amide bonds. The molecule has 0 fully saturated rings. The van der Waals surface area contributed by atoms with E-state index in [1.807, 2.05) is 13.0 Å². The Hall–Kier alpha value is -1.77. The zero-order chi connectivity index (χ0) is 10.8. The molecule has 0 spiro atoms. The molecular formula is C12H12O3. The highest BCUT2D eigenvalue weighted by Crippen LogP contribution is 2.27. The number of ether oxygens (including phenoxy) is 2. The fraction of sp³-hybridized carbons (Fsp3) is 0.250. The lowest BCUT2D eigenvalue weighted by molar-refractivity contribution is 0.0600. The fourth-order valence-electron chi connectivity index (χ4n) is 1.54. The molecule has 3 nitrogen and oxygen atoms in total. The van der Waals surface area contributed by atoms with Crippen molar-refractivity contribution >= 4 is 12.0 Å². The molecule has 3 heteroatoms. The van der Waals surface area contributed by atoms with Crippen molar-refractivity contribution in [2.45, 2.75) is 6.92 Å². The van der Waals surface area contributed by atoms with Crippen LogP contribution in [0.2, 0.25) is 0 Å². The van der Waals surface area contributed by atoms with E-state index in [0.29, 0.717) is 12.2 Å². The van der Waals surface area contributed by atoms with Crippen LogP contribution in [0.15, 0.2) is 23.8 Å². The van der Waals surface area contributed by atoms with Gasteiger partial charge in [-0.25, -0.2) is 4.79 Å². The average molecular weight is 204 g/mol. The van der Waals surface area contributed by atoms with Crippen molar-refractivity contribution in [3.8, 4) is 5.75 Å². The molecule has 0 saturated heterocycles. The Bertz CT molecular complexity index is 432. The third-order valence-corrected chi connectivity index (χ3v) is 2.29. The Morgan fingerprint density at radius 3 is 3.00 bits per heavy atom. The molecule has 0 bridgehead atoms. The smallest absolute Gasteiger partial charge is 0.337 e. The highest BCUT2D eigenvalue weighted by molar-refractivity contribution is 5.90. The van der Waals surface area contributed by atoms with Crippen LogP contribution < -0.4 is 4.74 Å². The average Bonchev–Trinajstić information content (AvgIpc) is 2.27. The van der Waals surface area contributed by atoms with Crippen LogP contribution in [0.25, 0.3) is 6.08 Å². The van der Waals surface area contributed by atoms with Crippen LogP contribution in [0.4, 0.5) is 0 Å². The summed E-state index contributed by atoms with van der Waals surface area (Å²) in [7, 11) is 1.37. The number of esters is 1. The maximum Gasteiger partial charge on any atom is 0.337 e. The highest BCUT2D eigenvalue weighted by Gasteiger charge is 2.12. The normalized spacial score (nSPS) is 13.6. The molecule has 0 unspecified atom stereocenters. The number of carbonyl (C=O) groups excluding carboxylic acids is 1. The lowest BCUT2D eigenvalue weighted by Gasteiger charge is -2.16. The summed E-state index contributed by atoms with van der Waals surface area (Å²) >= 11 is 0. The van der Waals surface area contributed by atoms with Crippen LogP contribution in [-0.2, 0) is 4.74 Å². The van der Waals surface area contributed by atoms with Gasteiger partial charge in [0.25, 0.3) is 0 Å². The monoisotopic (exact) mass is 204 g/mol. The molecular weight excluding hydrogens is 192 g/mol. The quantitative estimate of drug-likeness (QED) is 0.658. The van der Waals surface area contributed by atoms with Crippen molar-refractivity contribution < 1.29 is 14.3 Å². The zero-order valence-corrected chi connectivity index (χ0v) is 8.74. The Balaban J connectivity index is 2.42. The van der Waals surface area contributed by atoms with Gasteiger partial charge in [-0.2, -0.15) is 0 Å². The number of hydrogen-bond acceptors (Lipinski definition) is 3. The lowest BCUT2D eigenvalue weighted by Crippen LogP contribution is -2.07. The van der Waals surface area contributed by atoms with Gasteiger partial charge in [-0.3, -0.25) is 0 Å². The summed E-state index contributed by atoms with van der Waals surface area (Å²) in [5.74, 6) is 0.489. The first-order valence-corrected chi connectivity index (χ1v) is 4.73. The van der Waals surface area contributed by atoms with Crippen molar-refractivity contribution in [3.63, 3.8) is 0 Å². The van der Waals surface area contributed by atoms with Gasteiger partial charge >= 0.3 is 5.97 Å². The van der Waals surface area contributed by atoms with Crippen molar-refractivity contribution in [2.24, 2.45) is 0 Å². The largest absolute Gasteiger partial charge is 0.489 e. The van der Waals surface area contributed by atoms with Gasteiger partial charge < -0.3 is 9.47 Å². The fourth-order valence-corrected chi connectivity index (χ4v) is 1.54. The third-order valence-electron chi connectivity index (χ3n) is 2.29. The summed E-state index contributed by atoms with van der Waals surface area (Å²) in [5, 5.41) is 0. The topological polar surface area (TPSA) is 35.5 Å². The minimum absolute atomic E-state index is 0.325. The maximum atomic E-state index is 11.3. The van der Waals surface area contributed by atoms with Crippen molar-refractivity contribution in [1.29, 1.82) is 0 Å². The maximum absolute atomic E-state index is 11.3. The summed E-state index contributed by atoms with van der Waals surface area (Å²) in [6.07, 6.45) is 2.02. The highest BCUT2D eigenvalue weighted by atomic mass is 16.5. The molecule has 0 N–H and O–H groups in total. The first kappa shape index (κ1) is 9.77. The van der Waals surface area contributed by atoms with Gasteiger partial charge in [-0.1, -0.05) is 0 Å². The van der Waals surface area contributed by atoms with Crippen molar-refractivity contribution in [1.82, 2.24) is 0 Å². The second-order valence-corrected chi connectivity index (χ2v) is 3.52. The minimum Gasteiger partial charge on any atom is -0.489 e. The Labute approximate surface area is 88.3 Å². The number of benzene rings is 1. The number of carbonyl (C=O) groups is 1. The first-order valence-electron chi connectivity index (χ1n) is 4.73. The molecule has 2 rings (SSSR count). The SMILES string of the molecule is COC(=O)c1ccc2c(c1)C=C(C)CO2. The molecule has 1 aliphatic rings. The number of methoxy groups -OCH3 is 1. The summed E-state index contributed by atoms with van der Waals surface area (Å²) in [4.78, 5) is 11.3. The van der Waals surface area contributed by atoms with Gasteiger partial charge in [0, 0.05) is 5.56 Å². The van der Waals surface area contributed by atoms with Gasteiger partial charge in [0.2, 0.25) is 0 Å². The van der Waals surface area contributed by atoms with E-state index in [1.165, 1.54) is 7.11 Å². The zero-order valence-electron chi connectivity index (χ0n) is 8.74. The second-order valence-electron chi connectivity index (χ2n) is 3.52. The molecule has 0 saturated carbocycles. The number of fused-ring (bicyclic) bond motifs is 1. The molecule has 0 radical (unpaired) electrons. The molecule has 1 aromatic rings. The lowest BCUT2D eigenvalue weighted by atomic mass is 10.1. The number of rotatable bonds is 1. The molecule has 78 valence electrons. The minimum atomic E-state index is -0.325. The van der Waals surface area contributed by atoms with Crippen LogP contribution in [0, 0.1) is 0 Å². The molecule has 1 aromatic carbocycles. The van der Waals surface area contributed by atoms with Crippen molar-refractivity contribution in [3.05, 3.63) is 34.9 Å². The summed E-state index contributed by atoms with van der Waals surface area (Å²) in [6.45, 7) is 2.61. The summed E-state index contributed by atoms with van der Waals surface area (Å²) in [5.41, 5.74) is 2.62. The first-order chi connectivity index (χ1) is 7.20. The van der Waals surface area contributed by atoms with E-state index in [1.54, 1.807) is 18.2 Å². The van der Waals surface area contributed by atoms with Crippen LogP contribution in [0.5, 0.6) is 5.75 Å². The molecule has 0 aromatic heterocycles. The molecule has 0 aliphatic carbocycles. The molecule has 1 heterocycles. The van der Waals surface area contributed by atoms with E-state index in [4.69, 9.17) is 4.74 Å². The summed E-state index contributed by atoms with van der Waals surface area (Å²) < 4.78 is 10.1. The van der Waals surface area contributed by atoms with E-state index >= 15 is 0 Å². The predicted octanol–water partition coefficient (Wildman–Crippen LogP) is 2.27. The molecule has 1 aliphatic heterocycles. The van der Waals surface area contributed by atoms with Crippen LogP contribution in [0.3, 0.4) is 0 Å². The van der Waals surface area contributed by atoms with E-state index in [2.05, 4.69) is 4.74 Å². The summed E-state index contributed by atoms with van der Waals surface area (Å²) in [6, 6.07) is 5.29. The molecule has 0 atom stereocenters. The van der Waals surface area contributed by atoms with Gasteiger partial charge in [0.05, 0.1) is 12.7 Å². The van der Waals surface area contributed by atoms with E-state index in [-0.39, 0.29) is 5.97 Å². The van der Waals surface area contributed by atoms with Gasteiger partial charge in [0.1, 0.15) is 12.4 Å². The van der Waals surface area contributed by atoms with E-state index in [9.17, 15) is 4.79 Å². The predicted molar refractivity (Wildman–Crippen MR) is 56.9 cm³/mol. The van der Waals surface area contributed by atoms with Crippen LogP contribution >= 0.6 is 0 Å². The molecule has 15 heavy (non-hydrogen) atoms. The second kappa shape index (κ2) is 3.77. The standard InChI is InChI=1S/C12H12O3/c1-8-5-10-6-9(12(13)14-2)3-4-11(10)15-7-8/h3-6H,7H2,1-2H3. The van der Waals surface area contributed by atoms with Gasteiger partial charge in [-0.15, -0.1) is 0 Å². The Morgan fingerprint density at radius 2 is 2.27 bits per heavy atom. The number of hydrogen-bond donors (Lipinski definition) is 0. The third kappa shape index (κ3) is 1.86.